The molecule has 0 radical (unpaired) electrons. The number of rotatable bonds is 3. The topological polar surface area (TPSA) is 16.6 Å². The van der Waals surface area contributed by atoms with Crippen LogP contribution in [0, 0.1) is 0 Å². The van der Waals surface area contributed by atoms with Gasteiger partial charge in [0.25, 0.3) is 0 Å². The van der Waals surface area contributed by atoms with Crippen LogP contribution in [0.3, 0.4) is 0 Å². The van der Waals surface area contributed by atoms with Crippen LogP contribution in [-0.4, -0.2) is 6.04 Å². The fraction of sp³-hybridized carbons (Fsp3) is 0.286. The molecule has 0 amide bonds. The summed E-state index contributed by atoms with van der Waals surface area (Å²) >= 11 is 0. The first-order chi connectivity index (χ1) is 7.40. The molecule has 0 saturated carbocycles. The van der Waals surface area contributed by atoms with E-state index in [2.05, 4.69) is 54.4 Å². The van der Waals surface area contributed by atoms with E-state index in [9.17, 15) is 0 Å². The monoisotopic (exact) mass is 200 g/mol. The maximum atomic E-state index is 3.81. The van der Waals surface area contributed by atoms with Gasteiger partial charge in [0.15, 0.2) is 0 Å². The van der Waals surface area contributed by atoms with Crippen molar-refractivity contribution in [2.45, 2.75) is 24.9 Å². The van der Waals surface area contributed by atoms with Crippen LogP contribution >= 0.6 is 0 Å². The Hall–Kier alpha value is -1.34. The summed E-state index contributed by atoms with van der Waals surface area (Å²) in [6.45, 7) is 3.81. The number of hydrogen-bond donors (Lipinski definition) is 1. The van der Waals surface area contributed by atoms with Gasteiger partial charge in [-0.15, -0.1) is 6.58 Å². The Bertz CT molecular complexity index is 340. The first-order valence-electron chi connectivity index (χ1n) is 5.57. The van der Waals surface area contributed by atoms with Gasteiger partial charge in [-0.2, -0.15) is 0 Å². The van der Waals surface area contributed by atoms with Crippen LogP contribution in [0.15, 0.2) is 55.1 Å². The van der Waals surface area contributed by atoms with Gasteiger partial charge in [0, 0.05) is 18.4 Å². The highest BCUT2D eigenvalue weighted by molar-refractivity contribution is 5.21. The summed E-state index contributed by atoms with van der Waals surface area (Å²) < 4.78 is 0. The number of quaternary nitrogens is 1. The molecule has 0 aliphatic carbocycles. The lowest BCUT2D eigenvalue weighted by molar-refractivity contribution is -0.720. The van der Waals surface area contributed by atoms with Gasteiger partial charge in [0.1, 0.15) is 6.04 Å². The average molecular weight is 200 g/mol. The number of nitrogens with two attached hydrogens (primary N) is 1. The molecule has 1 aliphatic rings. The van der Waals surface area contributed by atoms with Crippen molar-refractivity contribution in [3.05, 3.63) is 60.7 Å². The molecule has 1 aromatic rings. The molecule has 1 nitrogen and oxygen atoms in total. The molecular formula is C14H18N+. The standard InChI is InChI=1S/C14H17N/c1-2-7-13-10-6-11-14(15-13)12-8-4-3-5-9-12/h2-6,8-9,11,13-15H,1,7,10H2/p+1/t13-,14+/m0/s1. The molecule has 15 heavy (non-hydrogen) atoms. The van der Waals surface area contributed by atoms with Crippen LogP contribution in [-0.2, 0) is 0 Å². The van der Waals surface area contributed by atoms with Crippen LogP contribution in [0.4, 0.5) is 0 Å². The third-order valence-corrected chi connectivity index (χ3v) is 2.92. The molecule has 1 heteroatoms. The Kier molecular flexibility index (Phi) is 3.36. The van der Waals surface area contributed by atoms with Gasteiger partial charge in [-0.05, 0) is 6.08 Å². The van der Waals surface area contributed by atoms with Gasteiger partial charge in [-0.3, -0.25) is 0 Å². The molecule has 0 unspecified atom stereocenters. The van der Waals surface area contributed by atoms with Crippen LogP contribution in [0.5, 0.6) is 0 Å². The second-order valence-electron chi connectivity index (χ2n) is 4.08. The minimum atomic E-state index is 0.491. The first-order valence-corrected chi connectivity index (χ1v) is 5.57. The molecule has 0 fully saturated rings. The maximum Gasteiger partial charge on any atom is 0.130 e. The summed E-state index contributed by atoms with van der Waals surface area (Å²) in [6.07, 6.45) is 8.87. The highest BCUT2D eigenvalue weighted by Gasteiger charge is 2.20. The molecule has 1 aromatic carbocycles. The molecule has 0 spiro atoms. The third-order valence-electron chi connectivity index (χ3n) is 2.92. The van der Waals surface area contributed by atoms with E-state index in [1.807, 2.05) is 6.08 Å². The van der Waals surface area contributed by atoms with E-state index in [0.717, 1.165) is 12.8 Å². The van der Waals surface area contributed by atoms with Crippen LogP contribution < -0.4 is 5.32 Å². The Morgan fingerprint density at radius 2 is 2.13 bits per heavy atom. The van der Waals surface area contributed by atoms with Gasteiger partial charge in [-0.1, -0.05) is 42.5 Å². The van der Waals surface area contributed by atoms with Gasteiger partial charge in [-0.25, -0.2) is 0 Å². The number of benzene rings is 1. The minimum Gasteiger partial charge on any atom is -0.334 e. The molecule has 0 bridgehead atoms. The van der Waals surface area contributed by atoms with Crippen molar-refractivity contribution in [3.63, 3.8) is 0 Å². The summed E-state index contributed by atoms with van der Waals surface area (Å²) in [6, 6.07) is 11.8. The van der Waals surface area contributed by atoms with Crippen molar-refractivity contribution in [2.75, 3.05) is 0 Å². The van der Waals surface area contributed by atoms with Gasteiger partial charge in [0.05, 0.1) is 6.04 Å². The Morgan fingerprint density at radius 1 is 1.33 bits per heavy atom. The first kappa shape index (κ1) is 10.2. The number of hydrogen-bond acceptors (Lipinski definition) is 0. The smallest absolute Gasteiger partial charge is 0.130 e. The quantitative estimate of drug-likeness (QED) is 0.720. The molecule has 1 aliphatic heterocycles. The van der Waals surface area contributed by atoms with E-state index >= 15 is 0 Å². The predicted molar refractivity (Wildman–Crippen MR) is 63.5 cm³/mol. The van der Waals surface area contributed by atoms with Crippen molar-refractivity contribution < 1.29 is 5.32 Å². The van der Waals surface area contributed by atoms with Crippen LogP contribution in [0.25, 0.3) is 0 Å². The fourth-order valence-electron chi connectivity index (χ4n) is 2.12. The molecule has 1 heterocycles. The van der Waals surface area contributed by atoms with E-state index in [1.54, 1.807) is 0 Å². The second-order valence-corrected chi connectivity index (χ2v) is 4.08. The van der Waals surface area contributed by atoms with Gasteiger partial charge >= 0.3 is 0 Å². The maximum absolute atomic E-state index is 3.81. The SMILES string of the molecule is C=CC[C@H]1CC=C[C@H](c2ccccc2)[NH2+]1. The molecular weight excluding hydrogens is 182 g/mol. The molecule has 0 saturated heterocycles. The molecule has 2 atom stereocenters. The van der Waals surface area contributed by atoms with Crippen molar-refractivity contribution in [3.8, 4) is 0 Å². The summed E-state index contributed by atoms with van der Waals surface area (Å²) in [5.74, 6) is 0. The largest absolute Gasteiger partial charge is 0.334 e. The fourth-order valence-corrected chi connectivity index (χ4v) is 2.12. The Balaban J connectivity index is 2.08. The molecule has 2 rings (SSSR count). The summed E-state index contributed by atoms with van der Waals surface area (Å²) in [5.41, 5.74) is 1.39. The van der Waals surface area contributed by atoms with E-state index in [-0.39, 0.29) is 0 Å². The van der Waals surface area contributed by atoms with Crippen LogP contribution in [0.1, 0.15) is 24.4 Å². The minimum absolute atomic E-state index is 0.491. The molecule has 2 N–H and O–H groups in total. The molecule has 78 valence electrons. The molecule has 0 aromatic heterocycles. The zero-order chi connectivity index (χ0) is 10.5. The second kappa shape index (κ2) is 4.94. The average Bonchev–Trinajstić information content (AvgIpc) is 2.31. The Labute approximate surface area is 91.5 Å². The van der Waals surface area contributed by atoms with Crippen molar-refractivity contribution in [1.82, 2.24) is 0 Å². The van der Waals surface area contributed by atoms with E-state index in [0.29, 0.717) is 12.1 Å². The van der Waals surface area contributed by atoms with Crippen molar-refractivity contribution in [2.24, 2.45) is 0 Å². The van der Waals surface area contributed by atoms with Crippen molar-refractivity contribution >= 4 is 0 Å². The lowest BCUT2D eigenvalue weighted by atomic mass is 9.98. The zero-order valence-electron chi connectivity index (χ0n) is 8.97. The lowest BCUT2D eigenvalue weighted by Crippen LogP contribution is -2.91. The normalized spacial score (nSPS) is 25.1. The van der Waals surface area contributed by atoms with E-state index in [4.69, 9.17) is 0 Å². The van der Waals surface area contributed by atoms with Gasteiger partial charge < -0.3 is 5.32 Å². The van der Waals surface area contributed by atoms with E-state index in [1.165, 1.54) is 5.56 Å². The van der Waals surface area contributed by atoms with E-state index < -0.39 is 0 Å². The highest BCUT2D eigenvalue weighted by Crippen LogP contribution is 2.14. The van der Waals surface area contributed by atoms with Crippen molar-refractivity contribution in [1.29, 1.82) is 0 Å². The zero-order valence-corrected chi connectivity index (χ0v) is 8.97. The van der Waals surface area contributed by atoms with Gasteiger partial charge in [0.2, 0.25) is 0 Å². The summed E-state index contributed by atoms with van der Waals surface area (Å²) in [4.78, 5) is 0. The lowest BCUT2D eigenvalue weighted by Gasteiger charge is -2.22. The van der Waals surface area contributed by atoms with Crippen LogP contribution in [0.2, 0.25) is 0 Å². The predicted octanol–water partition coefficient (Wildman–Crippen LogP) is 2.20. The Morgan fingerprint density at radius 3 is 2.87 bits per heavy atom. The highest BCUT2D eigenvalue weighted by atomic mass is 15.0. The third kappa shape index (κ3) is 2.57. The summed E-state index contributed by atoms with van der Waals surface area (Å²) in [7, 11) is 0. The summed E-state index contributed by atoms with van der Waals surface area (Å²) in [5, 5.41) is 2.44.